The Hall–Kier alpha value is -3.84. The van der Waals surface area contributed by atoms with E-state index in [-0.39, 0.29) is 29.8 Å². The van der Waals surface area contributed by atoms with E-state index in [9.17, 15) is 14.4 Å². The van der Waals surface area contributed by atoms with E-state index in [1.807, 2.05) is 105 Å². The van der Waals surface area contributed by atoms with Gasteiger partial charge in [-0.3, -0.25) is 9.59 Å². The number of nitrogens with one attached hydrogen (secondary N) is 2. The molecule has 37 heavy (non-hydrogen) atoms. The van der Waals surface area contributed by atoms with Gasteiger partial charge in [-0.05, 0) is 41.7 Å². The van der Waals surface area contributed by atoms with E-state index in [0.717, 1.165) is 16.0 Å². The van der Waals surface area contributed by atoms with Crippen LogP contribution in [-0.2, 0) is 20.9 Å². The first kappa shape index (κ1) is 27.7. The Labute approximate surface area is 222 Å². The molecule has 3 aromatic rings. The van der Waals surface area contributed by atoms with Crippen LogP contribution in [0.15, 0.2) is 102 Å². The maximum absolute atomic E-state index is 13.3. The molecule has 0 aromatic heterocycles. The quantitative estimate of drug-likeness (QED) is 0.233. The summed E-state index contributed by atoms with van der Waals surface area (Å²) in [6.07, 6.45) is 1.35. The zero-order valence-corrected chi connectivity index (χ0v) is 21.9. The molecule has 1 atom stereocenters. The van der Waals surface area contributed by atoms with Gasteiger partial charge in [0.2, 0.25) is 5.91 Å². The number of alkyl carbamates (subject to hydrolysis) is 1. The Morgan fingerprint density at radius 1 is 0.865 bits per heavy atom. The molecule has 0 saturated heterocycles. The van der Waals surface area contributed by atoms with Crippen molar-refractivity contribution in [1.29, 1.82) is 0 Å². The SMILES string of the molecule is CC(C)CC(NC(=O)OCc1ccccc1)C(=O)NC(=Cc1ccccc1)C(=O)CSc1ccccc1. The summed E-state index contributed by atoms with van der Waals surface area (Å²) in [5, 5.41) is 5.44. The van der Waals surface area contributed by atoms with Crippen molar-refractivity contribution in [3.05, 3.63) is 108 Å². The van der Waals surface area contributed by atoms with Gasteiger partial charge in [-0.25, -0.2) is 4.79 Å². The second kappa shape index (κ2) is 14.7. The zero-order valence-electron chi connectivity index (χ0n) is 21.1. The third kappa shape index (κ3) is 9.97. The first-order valence-corrected chi connectivity index (χ1v) is 13.1. The summed E-state index contributed by atoms with van der Waals surface area (Å²) in [7, 11) is 0. The highest BCUT2D eigenvalue weighted by Gasteiger charge is 2.25. The minimum atomic E-state index is -0.864. The van der Waals surface area contributed by atoms with Crippen molar-refractivity contribution in [3.63, 3.8) is 0 Å². The number of carbonyl (C=O) groups excluding carboxylic acids is 3. The summed E-state index contributed by atoms with van der Waals surface area (Å²) in [6, 6.07) is 27.4. The molecule has 2 N–H and O–H groups in total. The lowest BCUT2D eigenvalue weighted by atomic mass is 10.0. The van der Waals surface area contributed by atoms with Crippen LogP contribution in [0, 0.1) is 5.92 Å². The van der Waals surface area contributed by atoms with Gasteiger partial charge in [0.15, 0.2) is 5.78 Å². The van der Waals surface area contributed by atoms with Gasteiger partial charge >= 0.3 is 6.09 Å². The third-order valence-electron chi connectivity index (χ3n) is 5.31. The number of hydrogen-bond acceptors (Lipinski definition) is 5. The first-order valence-electron chi connectivity index (χ1n) is 12.2. The van der Waals surface area contributed by atoms with Gasteiger partial charge in [0, 0.05) is 4.90 Å². The predicted molar refractivity (Wildman–Crippen MR) is 148 cm³/mol. The van der Waals surface area contributed by atoms with Gasteiger partial charge in [-0.15, -0.1) is 11.8 Å². The van der Waals surface area contributed by atoms with E-state index < -0.39 is 18.0 Å². The third-order valence-corrected chi connectivity index (χ3v) is 6.32. The number of rotatable bonds is 12. The Morgan fingerprint density at radius 3 is 2.08 bits per heavy atom. The minimum Gasteiger partial charge on any atom is -0.445 e. The van der Waals surface area contributed by atoms with Crippen molar-refractivity contribution in [2.75, 3.05) is 5.75 Å². The van der Waals surface area contributed by atoms with Crippen LogP contribution in [0.3, 0.4) is 0 Å². The smallest absolute Gasteiger partial charge is 0.408 e. The van der Waals surface area contributed by atoms with Crippen molar-refractivity contribution < 1.29 is 19.1 Å². The van der Waals surface area contributed by atoms with Crippen LogP contribution in [0.4, 0.5) is 4.79 Å². The Morgan fingerprint density at radius 2 is 1.46 bits per heavy atom. The molecule has 192 valence electrons. The summed E-state index contributed by atoms with van der Waals surface area (Å²) >= 11 is 1.40. The van der Waals surface area contributed by atoms with E-state index in [2.05, 4.69) is 10.6 Å². The molecule has 0 aliphatic rings. The Balaban J connectivity index is 1.70. The fraction of sp³-hybridized carbons (Fsp3) is 0.233. The fourth-order valence-electron chi connectivity index (χ4n) is 3.48. The van der Waals surface area contributed by atoms with Crippen LogP contribution in [0.1, 0.15) is 31.4 Å². The molecule has 3 rings (SSSR count). The average molecular weight is 517 g/mol. The van der Waals surface area contributed by atoms with Crippen LogP contribution in [0.5, 0.6) is 0 Å². The van der Waals surface area contributed by atoms with Crippen molar-refractivity contribution >= 4 is 35.6 Å². The van der Waals surface area contributed by atoms with Gasteiger partial charge in [0.05, 0.1) is 11.4 Å². The molecule has 0 aliphatic carbocycles. The highest BCUT2D eigenvalue weighted by atomic mass is 32.2. The Kier molecular flexibility index (Phi) is 11.0. The number of hydrogen-bond donors (Lipinski definition) is 2. The highest BCUT2D eigenvalue weighted by Crippen LogP contribution is 2.19. The van der Waals surface area contributed by atoms with Crippen LogP contribution >= 0.6 is 11.8 Å². The van der Waals surface area contributed by atoms with Crippen LogP contribution in [-0.4, -0.2) is 29.6 Å². The molecular weight excluding hydrogens is 484 g/mol. The topological polar surface area (TPSA) is 84.5 Å². The van der Waals surface area contributed by atoms with Crippen molar-refractivity contribution in [1.82, 2.24) is 10.6 Å². The minimum absolute atomic E-state index is 0.0943. The number of benzene rings is 3. The Bertz CT molecular complexity index is 1180. The molecule has 7 heteroatoms. The standard InChI is InChI=1S/C30H32N2O4S/c1-22(2)18-27(32-30(35)36-20-24-14-8-4-9-15-24)29(34)31-26(19-23-12-6-3-7-13-23)28(33)21-37-25-16-10-5-11-17-25/h3-17,19,22,27H,18,20-21H2,1-2H3,(H,31,34)(H,32,35). The molecule has 2 amide bonds. The van der Waals surface area contributed by atoms with Crippen molar-refractivity contribution in [2.45, 2.75) is 37.8 Å². The maximum Gasteiger partial charge on any atom is 0.408 e. The number of ether oxygens (including phenoxy) is 1. The molecule has 1 unspecified atom stereocenters. The van der Waals surface area contributed by atoms with Crippen LogP contribution in [0.25, 0.3) is 6.08 Å². The largest absolute Gasteiger partial charge is 0.445 e. The molecular formula is C30H32N2O4S. The summed E-state index contributed by atoms with van der Waals surface area (Å²) < 4.78 is 5.31. The molecule has 0 aliphatic heterocycles. The summed E-state index contributed by atoms with van der Waals surface area (Å²) in [5.74, 6) is -0.410. The van der Waals surface area contributed by atoms with Gasteiger partial charge in [0.1, 0.15) is 12.6 Å². The average Bonchev–Trinajstić information content (AvgIpc) is 2.91. The van der Waals surface area contributed by atoms with Crippen molar-refractivity contribution in [3.8, 4) is 0 Å². The summed E-state index contributed by atoms with van der Waals surface area (Å²) in [6.45, 7) is 4.01. The molecule has 6 nitrogen and oxygen atoms in total. The maximum atomic E-state index is 13.3. The lowest BCUT2D eigenvalue weighted by Gasteiger charge is -2.21. The van der Waals surface area contributed by atoms with E-state index >= 15 is 0 Å². The number of carbonyl (C=O) groups is 3. The molecule has 0 heterocycles. The van der Waals surface area contributed by atoms with Crippen molar-refractivity contribution in [2.24, 2.45) is 5.92 Å². The van der Waals surface area contributed by atoms with Gasteiger partial charge in [-0.1, -0.05) is 92.7 Å². The van der Waals surface area contributed by atoms with E-state index in [1.165, 1.54) is 11.8 Å². The van der Waals surface area contributed by atoms with Gasteiger partial charge in [0.25, 0.3) is 0 Å². The van der Waals surface area contributed by atoms with Crippen LogP contribution in [0.2, 0.25) is 0 Å². The number of ketones is 1. The van der Waals surface area contributed by atoms with E-state index in [1.54, 1.807) is 6.08 Å². The van der Waals surface area contributed by atoms with Gasteiger partial charge < -0.3 is 15.4 Å². The molecule has 0 bridgehead atoms. The second-order valence-corrected chi connectivity index (χ2v) is 9.92. The second-order valence-electron chi connectivity index (χ2n) is 8.87. The fourth-order valence-corrected chi connectivity index (χ4v) is 4.28. The lowest BCUT2D eigenvalue weighted by molar-refractivity contribution is -0.124. The number of thioether (sulfide) groups is 1. The monoisotopic (exact) mass is 516 g/mol. The molecule has 0 fully saturated rings. The predicted octanol–water partition coefficient (Wildman–Crippen LogP) is 5.85. The normalized spacial score (nSPS) is 12.0. The van der Waals surface area contributed by atoms with E-state index in [0.29, 0.717) is 6.42 Å². The number of Topliss-reactive ketones (excluding diaryl/α,β-unsaturated/α-hetero) is 1. The van der Waals surface area contributed by atoms with Crippen LogP contribution < -0.4 is 10.6 Å². The van der Waals surface area contributed by atoms with E-state index in [4.69, 9.17) is 4.74 Å². The molecule has 0 saturated carbocycles. The summed E-state index contributed by atoms with van der Waals surface area (Å²) in [4.78, 5) is 39.9. The molecule has 0 spiro atoms. The first-order chi connectivity index (χ1) is 17.9. The highest BCUT2D eigenvalue weighted by molar-refractivity contribution is 8.00. The lowest BCUT2D eigenvalue weighted by Crippen LogP contribution is -2.48. The van der Waals surface area contributed by atoms with Gasteiger partial charge in [-0.2, -0.15) is 0 Å². The number of amides is 2. The molecule has 3 aromatic carbocycles. The summed E-state index contributed by atoms with van der Waals surface area (Å²) in [5.41, 5.74) is 1.80. The molecule has 0 radical (unpaired) electrons. The zero-order chi connectivity index (χ0) is 26.5. The number of allylic oxidation sites excluding steroid dienone is 1.